The van der Waals surface area contributed by atoms with Gasteiger partial charge in [-0.2, -0.15) is 5.10 Å². The SMILES string of the molecule is O=C(CC1CCCC1)NCC1CCN(Cc2ccn[nH]2)CC1. The van der Waals surface area contributed by atoms with Crippen LogP contribution in [0, 0.1) is 11.8 Å². The first kappa shape index (κ1) is 15.5. The molecule has 0 radical (unpaired) electrons. The van der Waals surface area contributed by atoms with E-state index in [2.05, 4.69) is 20.4 Å². The van der Waals surface area contributed by atoms with Crippen LogP contribution in [0.1, 0.15) is 50.6 Å². The Balaban J connectivity index is 1.31. The van der Waals surface area contributed by atoms with Crippen LogP contribution in [-0.4, -0.2) is 40.6 Å². The van der Waals surface area contributed by atoms with Crippen molar-refractivity contribution in [3.63, 3.8) is 0 Å². The van der Waals surface area contributed by atoms with E-state index in [1.165, 1.54) is 44.2 Å². The zero-order valence-electron chi connectivity index (χ0n) is 13.4. The van der Waals surface area contributed by atoms with E-state index in [0.717, 1.165) is 32.6 Å². The molecular formula is C17H28N4O. The van der Waals surface area contributed by atoms with Crippen LogP contribution in [0.4, 0.5) is 0 Å². The molecule has 2 fully saturated rings. The number of likely N-dealkylation sites (tertiary alicyclic amines) is 1. The Labute approximate surface area is 132 Å². The van der Waals surface area contributed by atoms with Crippen LogP contribution >= 0.6 is 0 Å². The average molecular weight is 304 g/mol. The van der Waals surface area contributed by atoms with Crippen LogP contribution in [-0.2, 0) is 11.3 Å². The highest BCUT2D eigenvalue weighted by molar-refractivity contribution is 5.76. The fourth-order valence-electron chi connectivity index (χ4n) is 3.77. The van der Waals surface area contributed by atoms with Crippen molar-refractivity contribution in [2.24, 2.45) is 11.8 Å². The van der Waals surface area contributed by atoms with Crippen molar-refractivity contribution in [2.75, 3.05) is 19.6 Å². The third-order valence-corrected chi connectivity index (χ3v) is 5.20. The van der Waals surface area contributed by atoms with Crippen LogP contribution in [0.2, 0.25) is 0 Å². The van der Waals surface area contributed by atoms with Crippen molar-refractivity contribution in [3.8, 4) is 0 Å². The Kier molecular flexibility index (Phi) is 5.48. The molecule has 0 spiro atoms. The van der Waals surface area contributed by atoms with E-state index in [9.17, 15) is 4.79 Å². The Morgan fingerprint density at radius 3 is 2.68 bits per heavy atom. The van der Waals surface area contributed by atoms with Crippen molar-refractivity contribution < 1.29 is 4.79 Å². The number of H-pyrrole nitrogens is 1. The number of nitrogens with zero attached hydrogens (tertiary/aromatic N) is 2. The first-order chi connectivity index (χ1) is 10.8. The van der Waals surface area contributed by atoms with Gasteiger partial charge in [-0.1, -0.05) is 12.8 Å². The fraction of sp³-hybridized carbons (Fsp3) is 0.765. The van der Waals surface area contributed by atoms with Gasteiger partial charge in [0, 0.05) is 31.4 Å². The maximum absolute atomic E-state index is 12.0. The lowest BCUT2D eigenvalue weighted by Gasteiger charge is -2.31. The first-order valence-electron chi connectivity index (χ1n) is 8.77. The minimum atomic E-state index is 0.270. The standard InChI is InChI=1S/C17H28N4O/c22-17(11-14-3-1-2-4-14)18-12-15-6-9-21(10-7-15)13-16-5-8-19-20-16/h5,8,14-15H,1-4,6-7,9-13H2,(H,18,22)(H,19,20). The summed E-state index contributed by atoms with van der Waals surface area (Å²) in [6.45, 7) is 4.05. The van der Waals surface area contributed by atoms with Gasteiger partial charge in [-0.15, -0.1) is 0 Å². The van der Waals surface area contributed by atoms with E-state index < -0.39 is 0 Å². The second-order valence-electron chi connectivity index (χ2n) is 6.96. The van der Waals surface area contributed by atoms with Crippen molar-refractivity contribution in [1.82, 2.24) is 20.4 Å². The Morgan fingerprint density at radius 1 is 1.23 bits per heavy atom. The predicted molar refractivity (Wildman–Crippen MR) is 86.2 cm³/mol. The summed E-state index contributed by atoms with van der Waals surface area (Å²) in [5.41, 5.74) is 1.18. The molecule has 1 amide bonds. The van der Waals surface area contributed by atoms with Gasteiger partial charge in [0.1, 0.15) is 0 Å². The topological polar surface area (TPSA) is 61.0 Å². The number of carbonyl (C=O) groups is 1. The molecule has 22 heavy (non-hydrogen) atoms. The minimum Gasteiger partial charge on any atom is -0.356 e. The van der Waals surface area contributed by atoms with E-state index in [0.29, 0.717) is 11.8 Å². The maximum Gasteiger partial charge on any atom is 0.220 e. The van der Waals surface area contributed by atoms with Crippen LogP contribution < -0.4 is 5.32 Å². The third kappa shape index (κ3) is 4.57. The molecule has 1 aliphatic carbocycles. The Hall–Kier alpha value is -1.36. The molecule has 0 atom stereocenters. The van der Waals surface area contributed by atoms with Gasteiger partial charge < -0.3 is 5.32 Å². The number of hydrogen-bond donors (Lipinski definition) is 2. The van der Waals surface area contributed by atoms with Crippen LogP contribution in [0.15, 0.2) is 12.3 Å². The molecule has 5 heteroatoms. The molecule has 1 saturated carbocycles. The van der Waals surface area contributed by atoms with Crippen molar-refractivity contribution in [3.05, 3.63) is 18.0 Å². The molecule has 3 rings (SSSR count). The number of piperidine rings is 1. The van der Waals surface area contributed by atoms with Crippen LogP contribution in [0.3, 0.4) is 0 Å². The molecule has 0 bridgehead atoms. The van der Waals surface area contributed by atoms with Gasteiger partial charge in [0.2, 0.25) is 5.91 Å². The van der Waals surface area contributed by atoms with Gasteiger partial charge in [0.15, 0.2) is 0 Å². The lowest BCUT2D eigenvalue weighted by Crippen LogP contribution is -2.38. The highest BCUT2D eigenvalue weighted by Crippen LogP contribution is 2.27. The quantitative estimate of drug-likeness (QED) is 0.848. The second kappa shape index (κ2) is 7.77. The smallest absolute Gasteiger partial charge is 0.220 e. The van der Waals surface area contributed by atoms with Crippen molar-refractivity contribution in [2.45, 2.75) is 51.5 Å². The number of nitrogens with one attached hydrogen (secondary N) is 2. The fourth-order valence-corrected chi connectivity index (χ4v) is 3.77. The lowest BCUT2D eigenvalue weighted by molar-refractivity contribution is -0.122. The van der Waals surface area contributed by atoms with Gasteiger partial charge in [-0.05, 0) is 56.7 Å². The summed E-state index contributed by atoms with van der Waals surface area (Å²) in [6.07, 6.45) is 10.0. The molecular weight excluding hydrogens is 276 g/mol. The predicted octanol–water partition coefficient (Wildman–Crippen LogP) is 2.32. The minimum absolute atomic E-state index is 0.270. The monoisotopic (exact) mass is 304 g/mol. The zero-order valence-corrected chi connectivity index (χ0v) is 13.4. The van der Waals surface area contributed by atoms with E-state index in [-0.39, 0.29) is 5.91 Å². The number of aromatic amines is 1. The summed E-state index contributed by atoms with van der Waals surface area (Å²) in [5.74, 6) is 1.56. The lowest BCUT2D eigenvalue weighted by atomic mass is 9.96. The molecule has 0 unspecified atom stereocenters. The van der Waals surface area contributed by atoms with Gasteiger partial charge in [-0.3, -0.25) is 14.8 Å². The molecule has 1 aliphatic heterocycles. The molecule has 1 aromatic heterocycles. The summed E-state index contributed by atoms with van der Waals surface area (Å²) in [7, 11) is 0. The molecule has 2 heterocycles. The molecule has 1 aromatic rings. The summed E-state index contributed by atoms with van der Waals surface area (Å²) in [6, 6.07) is 2.04. The van der Waals surface area contributed by atoms with Gasteiger partial charge >= 0.3 is 0 Å². The second-order valence-corrected chi connectivity index (χ2v) is 6.96. The van der Waals surface area contributed by atoms with Gasteiger partial charge in [-0.25, -0.2) is 0 Å². The number of amides is 1. The number of carbonyl (C=O) groups excluding carboxylic acids is 1. The largest absolute Gasteiger partial charge is 0.356 e. The van der Waals surface area contributed by atoms with E-state index in [1.54, 1.807) is 0 Å². The zero-order chi connectivity index (χ0) is 15.2. The maximum atomic E-state index is 12.0. The molecule has 1 saturated heterocycles. The van der Waals surface area contributed by atoms with Gasteiger partial charge in [0.05, 0.1) is 0 Å². The number of hydrogen-bond acceptors (Lipinski definition) is 3. The molecule has 2 aliphatic rings. The molecule has 5 nitrogen and oxygen atoms in total. The van der Waals surface area contributed by atoms with Crippen LogP contribution in [0.25, 0.3) is 0 Å². The van der Waals surface area contributed by atoms with Crippen molar-refractivity contribution >= 4 is 5.91 Å². The van der Waals surface area contributed by atoms with E-state index in [4.69, 9.17) is 0 Å². The summed E-state index contributed by atoms with van der Waals surface area (Å²) >= 11 is 0. The number of aromatic nitrogens is 2. The molecule has 2 N–H and O–H groups in total. The summed E-state index contributed by atoms with van der Waals surface area (Å²) in [4.78, 5) is 14.4. The number of rotatable bonds is 6. The Bertz CT molecular complexity index is 445. The summed E-state index contributed by atoms with van der Waals surface area (Å²) in [5, 5.41) is 10.2. The molecule has 0 aromatic carbocycles. The summed E-state index contributed by atoms with van der Waals surface area (Å²) < 4.78 is 0. The highest BCUT2D eigenvalue weighted by Gasteiger charge is 2.22. The third-order valence-electron chi connectivity index (χ3n) is 5.20. The van der Waals surface area contributed by atoms with Crippen LogP contribution in [0.5, 0.6) is 0 Å². The van der Waals surface area contributed by atoms with E-state index >= 15 is 0 Å². The Morgan fingerprint density at radius 2 is 2.00 bits per heavy atom. The average Bonchev–Trinajstić information content (AvgIpc) is 3.20. The van der Waals surface area contributed by atoms with Gasteiger partial charge in [0.25, 0.3) is 0 Å². The molecule has 122 valence electrons. The van der Waals surface area contributed by atoms with E-state index in [1.807, 2.05) is 12.3 Å². The van der Waals surface area contributed by atoms with Crippen molar-refractivity contribution in [1.29, 1.82) is 0 Å². The normalized spacial score (nSPS) is 21.3. The highest BCUT2D eigenvalue weighted by atomic mass is 16.1. The first-order valence-corrected chi connectivity index (χ1v) is 8.77.